The quantitative estimate of drug-likeness (QED) is 0.531. The van der Waals surface area contributed by atoms with Gasteiger partial charge in [-0.15, -0.1) is 0 Å². The lowest BCUT2D eigenvalue weighted by molar-refractivity contribution is -0.148. The average molecular weight is 366 g/mol. The van der Waals surface area contributed by atoms with E-state index < -0.39 is 0 Å². The molecule has 142 valence electrons. The van der Waals surface area contributed by atoms with E-state index in [0.717, 1.165) is 18.5 Å². The van der Waals surface area contributed by atoms with Crippen molar-refractivity contribution in [3.8, 4) is 0 Å². The van der Waals surface area contributed by atoms with E-state index in [2.05, 4.69) is 22.2 Å². The number of Topliss-reactive ketones (excluding diaryl/α,β-unsaturated/α-hetero) is 1. The van der Waals surface area contributed by atoms with Gasteiger partial charge in [0.15, 0.2) is 5.78 Å². The number of hydrogen-bond acceptors (Lipinski definition) is 5. The van der Waals surface area contributed by atoms with Crippen LogP contribution in [0.4, 0.5) is 0 Å². The first-order valence-corrected chi connectivity index (χ1v) is 9.46. The van der Waals surface area contributed by atoms with Crippen molar-refractivity contribution in [3.63, 3.8) is 0 Å². The summed E-state index contributed by atoms with van der Waals surface area (Å²) in [6.45, 7) is 4.48. The number of benzene rings is 2. The predicted octanol–water partition coefficient (Wildman–Crippen LogP) is 3.17. The Hall–Kier alpha value is -2.50. The Balaban J connectivity index is 1.72. The van der Waals surface area contributed by atoms with Crippen LogP contribution in [-0.4, -0.2) is 48.0 Å². The number of ketones is 1. The maximum absolute atomic E-state index is 12.8. The monoisotopic (exact) mass is 366 g/mol. The number of hydrogen-bond donors (Lipinski definition) is 0. The zero-order chi connectivity index (χ0) is 19.1. The number of rotatable bonds is 8. The van der Waals surface area contributed by atoms with Gasteiger partial charge in [0, 0.05) is 25.2 Å². The summed E-state index contributed by atoms with van der Waals surface area (Å²) in [7, 11) is 0. The van der Waals surface area contributed by atoms with E-state index in [1.807, 2.05) is 55.5 Å². The van der Waals surface area contributed by atoms with Crippen LogP contribution in [0.2, 0.25) is 0 Å². The van der Waals surface area contributed by atoms with E-state index in [1.165, 1.54) is 0 Å². The second kappa shape index (κ2) is 9.44. The SMILES string of the molecule is CCOC(=O)[C@H]1CCN(N(CC(=O)c2ccccc2)Cc2ccccc2)C1. The molecule has 3 rings (SSSR count). The second-order valence-corrected chi connectivity index (χ2v) is 6.75. The van der Waals surface area contributed by atoms with Crippen LogP contribution in [0.15, 0.2) is 60.7 Å². The van der Waals surface area contributed by atoms with Crippen LogP contribution >= 0.6 is 0 Å². The van der Waals surface area contributed by atoms with Crippen LogP contribution in [0, 0.1) is 5.92 Å². The van der Waals surface area contributed by atoms with Gasteiger partial charge in [0.1, 0.15) is 0 Å². The molecule has 0 aliphatic carbocycles. The minimum absolute atomic E-state index is 0.0751. The number of nitrogens with zero attached hydrogens (tertiary/aromatic N) is 2. The zero-order valence-corrected chi connectivity index (χ0v) is 15.7. The molecule has 0 spiro atoms. The molecule has 2 aromatic rings. The summed E-state index contributed by atoms with van der Waals surface area (Å²) >= 11 is 0. The summed E-state index contributed by atoms with van der Waals surface area (Å²) in [5.41, 5.74) is 1.84. The molecule has 1 saturated heterocycles. The molecular weight excluding hydrogens is 340 g/mol. The van der Waals surface area contributed by atoms with E-state index in [4.69, 9.17) is 4.74 Å². The van der Waals surface area contributed by atoms with Crippen molar-refractivity contribution in [1.29, 1.82) is 0 Å². The maximum atomic E-state index is 12.8. The molecule has 1 fully saturated rings. The molecule has 2 aromatic carbocycles. The Morgan fingerprint density at radius 3 is 2.41 bits per heavy atom. The standard InChI is InChI=1S/C22H26N2O3/c1-2-27-22(26)20-13-14-23(16-20)24(15-18-9-5-3-6-10-18)17-21(25)19-11-7-4-8-12-19/h3-12,20H,2,13-17H2,1H3/t20-/m0/s1. The Bertz CT molecular complexity index is 749. The molecule has 1 aliphatic rings. The van der Waals surface area contributed by atoms with Crippen molar-refractivity contribution in [2.45, 2.75) is 19.9 Å². The van der Waals surface area contributed by atoms with Crippen molar-refractivity contribution < 1.29 is 14.3 Å². The van der Waals surface area contributed by atoms with Gasteiger partial charge in [-0.3, -0.25) is 9.59 Å². The molecule has 0 unspecified atom stereocenters. The number of hydrazine groups is 1. The maximum Gasteiger partial charge on any atom is 0.310 e. The van der Waals surface area contributed by atoms with Crippen molar-refractivity contribution in [2.24, 2.45) is 5.92 Å². The van der Waals surface area contributed by atoms with Crippen LogP contribution in [0.5, 0.6) is 0 Å². The molecule has 0 aromatic heterocycles. The van der Waals surface area contributed by atoms with Gasteiger partial charge in [0.2, 0.25) is 0 Å². The molecule has 1 atom stereocenters. The van der Waals surface area contributed by atoms with Gasteiger partial charge in [-0.2, -0.15) is 0 Å². The topological polar surface area (TPSA) is 49.9 Å². The summed E-state index contributed by atoms with van der Waals surface area (Å²) in [5, 5.41) is 4.18. The summed E-state index contributed by atoms with van der Waals surface area (Å²) in [4.78, 5) is 24.8. The molecule has 1 heterocycles. The van der Waals surface area contributed by atoms with Crippen LogP contribution < -0.4 is 0 Å². The average Bonchev–Trinajstić information content (AvgIpc) is 3.19. The van der Waals surface area contributed by atoms with E-state index in [9.17, 15) is 9.59 Å². The Morgan fingerprint density at radius 2 is 1.74 bits per heavy atom. The van der Waals surface area contributed by atoms with Crippen LogP contribution in [-0.2, 0) is 16.1 Å². The highest BCUT2D eigenvalue weighted by Crippen LogP contribution is 2.21. The number of carbonyl (C=O) groups excluding carboxylic acids is 2. The second-order valence-electron chi connectivity index (χ2n) is 6.75. The van der Waals surface area contributed by atoms with Crippen molar-refractivity contribution in [2.75, 3.05) is 26.2 Å². The molecule has 0 amide bonds. The first kappa shape index (κ1) is 19.3. The largest absolute Gasteiger partial charge is 0.466 e. The fraction of sp³-hybridized carbons (Fsp3) is 0.364. The van der Waals surface area contributed by atoms with Gasteiger partial charge in [-0.25, -0.2) is 10.0 Å². The molecule has 5 heteroatoms. The van der Waals surface area contributed by atoms with Gasteiger partial charge >= 0.3 is 5.97 Å². The van der Waals surface area contributed by atoms with Crippen LogP contribution in [0.3, 0.4) is 0 Å². The minimum atomic E-state index is -0.144. The molecular formula is C22H26N2O3. The lowest BCUT2D eigenvalue weighted by Crippen LogP contribution is -2.44. The Labute approximate surface area is 160 Å². The third-order valence-corrected chi connectivity index (χ3v) is 4.82. The minimum Gasteiger partial charge on any atom is -0.466 e. The van der Waals surface area contributed by atoms with Gasteiger partial charge < -0.3 is 4.74 Å². The fourth-order valence-corrected chi connectivity index (χ4v) is 3.38. The van der Waals surface area contributed by atoms with E-state index in [-0.39, 0.29) is 24.2 Å². The van der Waals surface area contributed by atoms with E-state index >= 15 is 0 Å². The molecule has 0 N–H and O–H groups in total. The van der Waals surface area contributed by atoms with Crippen LogP contribution in [0.1, 0.15) is 29.3 Å². The molecule has 0 radical (unpaired) electrons. The highest BCUT2D eigenvalue weighted by Gasteiger charge is 2.33. The predicted molar refractivity (Wildman–Crippen MR) is 104 cm³/mol. The first-order chi connectivity index (χ1) is 13.2. The van der Waals surface area contributed by atoms with E-state index in [0.29, 0.717) is 25.3 Å². The van der Waals surface area contributed by atoms with Crippen molar-refractivity contribution in [1.82, 2.24) is 10.0 Å². The van der Waals surface area contributed by atoms with Gasteiger partial charge in [0.25, 0.3) is 0 Å². The summed E-state index contributed by atoms with van der Waals surface area (Å²) in [5.74, 6) is -0.199. The third-order valence-electron chi connectivity index (χ3n) is 4.82. The van der Waals surface area contributed by atoms with Crippen molar-refractivity contribution >= 4 is 11.8 Å². The smallest absolute Gasteiger partial charge is 0.310 e. The van der Waals surface area contributed by atoms with Gasteiger partial charge in [-0.05, 0) is 18.9 Å². The third kappa shape index (κ3) is 5.25. The lowest BCUT2D eigenvalue weighted by atomic mass is 10.1. The summed E-state index contributed by atoms with van der Waals surface area (Å²) < 4.78 is 5.17. The van der Waals surface area contributed by atoms with Crippen LogP contribution in [0.25, 0.3) is 0 Å². The first-order valence-electron chi connectivity index (χ1n) is 9.46. The van der Waals surface area contributed by atoms with Gasteiger partial charge in [-0.1, -0.05) is 60.7 Å². The molecule has 5 nitrogen and oxygen atoms in total. The molecule has 27 heavy (non-hydrogen) atoms. The Morgan fingerprint density at radius 1 is 1.07 bits per heavy atom. The fourth-order valence-electron chi connectivity index (χ4n) is 3.38. The number of ether oxygens (including phenoxy) is 1. The van der Waals surface area contributed by atoms with Gasteiger partial charge in [0.05, 0.1) is 19.1 Å². The summed E-state index contributed by atoms with van der Waals surface area (Å²) in [6, 6.07) is 19.4. The molecule has 0 bridgehead atoms. The number of esters is 1. The zero-order valence-electron chi connectivity index (χ0n) is 15.7. The highest BCUT2D eigenvalue weighted by molar-refractivity contribution is 5.97. The Kier molecular flexibility index (Phi) is 6.74. The molecule has 1 aliphatic heterocycles. The summed E-state index contributed by atoms with van der Waals surface area (Å²) in [6.07, 6.45) is 0.754. The lowest BCUT2D eigenvalue weighted by Gasteiger charge is -2.31. The number of carbonyl (C=O) groups is 2. The highest BCUT2D eigenvalue weighted by atomic mass is 16.5. The van der Waals surface area contributed by atoms with Crippen molar-refractivity contribution in [3.05, 3.63) is 71.8 Å². The normalized spacial score (nSPS) is 17.2. The molecule has 0 saturated carbocycles. The van der Waals surface area contributed by atoms with E-state index in [1.54, 1.807) is 0 Å².